The molecule has 1 N–H and O–H groups in total. The third kappa shape index (κ3) is 4.22. The second kappa shape index (κ2) is 7.82. The Hall–Kier alpha value is -1.04. The fourth-order valence-corrected chi connectivity index (χ4v) is 3.67. The van der Waals surface area contributed by atoms with E-state index in [1.54, 1.807) is 25.6 Å². The van der Waals surface area contributed by atoms with Crippen molar-refractivity contribution >= 4 is 27.3 Å². The van der Waals surface area contributed by atoms with Gasteiger partial charge in [0.05, 0.1) is 18.0 Å². The highest BCUT2D eigenvalue weighted by molar-refractivity contribution is 9.11. The van der Waals surface area contributed by atoms with Crippen molar-refractivity contribution in [2.24, 2.45) is 0 Å². The van der Waals surface area contributed by atoms with Crippen LogP contribution in [0, 0.1) is 0 Å². The lowest BCUT2D eigenvalue weighted by atomic mass is 10.0. The first kappa shape index (κ1) is 16.3. The summed E-state index contributed by atoms with van der Waals surface area (Å²) in [7, 11) is 3.32. The number of nitrogens with one attached hydrogen (secondary N) is 1. The zero-order chi connectivity index (χ0) is 15.2. The van der Waals surface area contributed by atoms with Crippen LogP contribution in [0.3, 0.4) is 0 Å². The van der Waals surface area contributed by atoms with E-state index in [4.69, 9.17) is 9.47 Å². The summed E-state index contributed by atoms with van der Waals surface area (Å²) >= 11 is 5.25. The smallest absolute Gasteiger partial charge is 0.161 e. The summed E-state index contributed by atoms with van der Waals surface area (Å²) < 4.78 is 11.8. The Kier molecular flexibility index (Phi) is 6.08. The minimum atomic E-state index is 0.297. The first-order valence-corrected chi connectivity index (χ1v) is 8.48. The largest absolute Gasteiger partial charge is 0.493 e. The molecule has 0 saturated carbocycles. The van der Waals surface area contributed by atoms with E-state index < -0.39 is 0 Å². The Morgan fingerprint density at radius 3 is 2.48 bits per heavy atom. The fraction of sp³-hybridized carbons (Fsp3) is 0.375. The van der Waals surface area contributed by atoms with Gasteiger partial charge in [0.1, 0.15) is 0 Å². The van der Waals surface area contributed by atoms with E-state index in [2.05, 4.69) is 46.4 Å². The van der Waals surface area contributed by atoms with Gasteiger partial charge in [0.25, 0.3) is 0 Å². The Balaban J connectivity index is 2.09. The van der Waals surface area contributed by atoms with Gasteiger partial charge in [-0.1, -0.05) is 13.0 Å². The second-order valence-corrected chi connectivity index (χ2v) is 7.21. The molecule has 0 amide bonds. The lowest BCUT2D eigenvalue weighted by molar-refractivity contribution is 0.353. The van der Waals surface area contributed by atoms with E-state index in [1.807, 2.05) is 12.1 Å². The maximum absolute atomic E-state index is 5.38. The molecule has 0 aliphatic rings. The van der Waals surface area contributed by atoms with Crippen molar-refractivity contribution in [1.82, 2.24) is 5.32 Å². The lowest BCUT2D eigenvalue weighted by Gasteiger charge is -2.18. The molecule has 0 saturated heterocycles. The number of benzene rings is 1. The van der Waals surface area contributed by atoms with E-state index in [-0.39, 0.29) is 0 Å². The van der Waals surface area contributed by atoms with Crippen LogP contribution in [0.25, 0.3) is 0 Å². The van der Waals surface area contributed by atoms with Crippen LogP contribution < -0.4 is 14.8 Å². The lowest BCUT2D eigenvalue weighted by Crippen LogP contribution is -2.19. The summed E-state index contributed by atoms with van der Waals surface area (Å²) in [5.74, 6) is 1.53. The van der Waals surface area contributed by atoms with Crippen molar-refractivity contribution in [3.63, 3.8) is 0 Å². The molecule has 0 aliphatic carbocycles. The summed E-state index contributed by atoms with van der Waals surface area (Å²) in [4.78, 5) is 1.32. The zero-order valence-electron chi connectivity index (χ0n) is 12.5. The number of rotatable bonds is 7. The van der Waals surface area contributed by atoms with Gasteiger partial charge in [-0.05, 0) is 52.2 Å². The SMILES string of the molecule is CCC(NCc1ccc(Br)s1)c1ccc(OC)c(OC)c1. The van der Waals surface area contributed by atoms with Crippen molar-refractivity contribution in [3.05, 3.63) is 44.6 Å². The number of hydrogen-bond acceptors (Lipinski definition) is 4. The highest BCUT2D eigenvalue weighted by atomic mass is 79.9. The molecule has 0 radical (unpaired) electrons. The van der Waals surface area contributed by atoms with E-state index >= 15 is 0 Å². The van der Waals surface area contributed by atoms with Crippen LogP contribution in [-0.2, 0) is 6.54 Å². The van der Waals surface area contributed by atoms with Gasteiger partial charge >= 0.3 is 0 Å². The minimum Gasteiger partial charge on any atom is -0.493 e. The molecule has 21 heavy (non-hydrogen) atoms. The average molecular weight is 370 g/mol. The van der Waals surface area contributed by atoms with E-state index in [1.165, 1.54) is 14.2 Å². The number of halogens is 1. The van der Waals surface area contributed by atoms with Gasteiger partial charge in [-0.3, -0.25) is 0 Å². The summed E-state index contributed by atoms with van der Waals surface area (Å²) in [6.07, 6.45) is 1.02. The molecule has 1 unspecified atom stereocenters. The Labute approximate surface area is 138 Å². The quantitative estimate of drug-likeness (QED) is 0.762. The molecule has 1 atom stereocenters. The molecule has 2 aromatic rings. The van der Waals surface area contributed by atoms with Crippen LogP contribution >= 0.6 is 27.3 Å². The molecule has 5 heteroatoms. The molecule has 0 bridgehead atoms. The van der Waals surface area contributed by atoms with Gasteiger partial charge in [0, 0.05) is 17.5 Å². The van der Waals surface area contributed by atoms with Crippen molar-refractivity contribution in [2.75, 3.05) is 14.2 Å². The van der Waals surface area contributed by atoms with Crippen LogP contribution in [0.15, 0.2) is 34.1 Å². The second-order valence-electron chi connectivity index (χ2n) is 4.66. The maximum atomic E-state index is 5.38. The zero-order valence-corrected chi connectivity index (χ0v) is 14.9. The monoisotopic (exact) mass is 369 g/mol. The number of methoxy groups -OCH3 is 2. The minimum absolute atomic E-state index is 0.297. The van der Waals surface area contributed by atoms with Crippen LogP contribution in [0.1, 0.15) is 29.8 Å². The molecule has 2 rings (SSSR count). The number of hydrogen-bond donors (Lipinski definition) is 1. The van der Waals surface area contributed by atoms with Crippen molar-refractivity contribution in [2.45, 2.75) is 25.9 Å². The van der Waals surface area contributed by atoms with Crippen LogP contribution in [-0.4, -0.2) is 14.2 Å². The van der Waals surface area contributed by atoms with Crippen molar-refractivity contribution in [3.8, 4) is 11.5 Å². The highest BCUT2D eigenvalue weighted by Crippen LogP contribution is 2.31. The highest BCUT2D eigenvalue weighted by Gasteiger charge is 2.12. The van der Waals surface area contributed by atoms with Crippen LogP contribution in [0.4, 0.5) is 0 Å². The van der Waals surface area contributed by atoms with Gasteiger partial charge in [-0.25, -0.2) is 0 Å². The van der Waals surface area contributed by atoms with E-state index in [0.717, 1.165) is 24.5 Å². The van der Waals surface area contributed by atoms with E-state index in [9.17, 15) is 0 Å². The van der Waals surface area contributed by atoms with Gasteiger partial charge in [-0.2, -0.15) is 0 Å². The van der Waals surface area contributed by atoms with Crippen molar-refractivity contribution in [1.29, 1.82) is 0 Å². The summed E-state index contributed by atoms with van der Waals surface area (Å²) in [6, 6.07) is 10.6. The van der Waals surface area contributed by atoms with Gasteiger partial charge < -0.3 is 14.8 Å². The normalized spacial score (nSPS) is 12.2. The van der Waals surface area contributed by atoms with Crippen molar-refractivity contribution < 1.29 is 9.47 Å². The Morgan fingerprint density at radius 2 is 1.90 bits per heavy atom. The Morgan fingerprint density at radius 1 is 1.14 bits per heavy atom. The van der Waals surface area contributed by atoms with Gasteiger partial charge in [0.2, 0.25) is 0 Å². The maximum Gasteiger partial charge on any atom is 0.161 e. The fourth-order valence-electron chi connectivity index (χ4n) is 2.24. The predicted molar refractivity (Wildman–Crippen MR) is 91.4 cm³/mol. The molecule has 3 nitrogen and oxygen atoms in total. The molecule has 0 fully saturated rings. The Bertz CT molecular complexity index is 585. The average Bonchev–Trinajstić information content (AvgIpc) is 2.93. The predicted octanol–water partition coefficient (Wildman–Crippen LogP) is 4.77. The molecule has 1 heterocycles. The van der Waals surface area contributed by atoms with Gasteiger partial charge in [-0.15, -0.1) is 11.3 Å². The third-order valence-electron chi connectivity index (χ3n) is 3.37. The molecule has 0 aliphatic heterocycles. The molecular formula is C16H20BrNO2S. The summed E-state index contributed by atoms with van der Waals surface area (Å²) in [5.41, 5.74) is 1.21. The van der Waals surface area contributed by atoms with Gasteiger partial charge in [0.15, 0.2) is 11.5 Å². The van der Waals surface area contributed by atoms with E-state index in [0.29, 0.717) is 6.04 Å². The topological polar surface area (TPSA) is 30.5 Å². The molecule has 0 spiro atoms. The first-order chi connectivity index (χ1) is 10.2. The summed E-state index contributed by atoms with van der Waals surface area (Å²) in [6.45, 7) is 3.04. The molecule has 1 aromatic carbocycles. The molecule has 114 valence electrons. The number of ether oxygens (including phenoxy) is 2. The summed E-state index contributed by atoms with van der Waals surface area (Å²) in [5, 5.41) is 3.60. The third-order valence-corrected chi connectivity index (χ3v) is 4.99. The standard InChI is InChI=1S/C16H20BrNO2S/c1-4-13(18-10-12-6-8-16(17)21-12)11-5-7-14(19-2)15(9-11)20-3/h5-9,13,18H,4,10H2,1-3H3. The molecular weight excluding hydrogens is 350 g/mol. The first-order valence-electron chi connectivity index (χ1n) is 6.87. The number of thiophene rings is 1. The molecule has 1 aromatic heterocycles. The van der Waals surface area contributed by atoms with Crippen LogP contribution in [0.5, 0.6) is 11.5 Å². The van der Waals surface area contributed by atoms with Crippen LogP contribution in [0.2, 0.25) is 0 Å².